The molecule has 4 heteroatoms. The molecule has 0 bridgehead atoms. The zero-order valence-electron chi connectivity index (χ0n) is 7.88. The molecule has 0 saturated carbocycles. The normalized spacial score (nSPS) is 10.1. The van der Waals surface area contributed by atoms with Crippen LogP contribution in [-0.4, -0.2) is 9.91 Å². The van der Waals surface area contributed by atoms with Crippen LogP contribution < -0.4 is 0 Å². The summed E-state index contributed by atoms with van der Waals surface area (Å²) < 4.78 is 0. The van der Waals surface area contributed by atoms with E-state index in [2.05, 4.69) is 11.6 Å². The summed E-state index contributed by atoms with van der Waals surface area (Å²) >= 11 is 0. The molecular weight excluding hydrogens is 192 g/mol. The van der Waals surface area contributed by atoms with Crippen LogP contribution in [0.1, 0.15) is 5.56 Å². The van der Waals surface area contributed by atoms with Crippen molar-refractivity contribution in [2.45, 2.75) is 0 Å². The van der Waals surface area contributed by atoms with Crippen LogP contribution in [0.4, 0.5) is 5.69 Å². The van der Waals surface area contributed by atoms with Crippen molar-refractivity contribution in [2.75, 3.05) is 0 Å². The highest BCUT2D eigenvalue weighted by Crippen LogP contribution is 2.28. The summed E-state index contributed by atoms with van der Waals surface area (Å²) in [6, 6.07) is 7.02. The van der Waals surface area contributed by atoms with Crippen LogP contribution >= 0.6 is 0 Å². The molecule has 0 aliphatic heterocycles. The van der Waals surface area contributed by atoms with E-state index in [1.165, 1.54) is 6.08 Å². The van der Waals surface area contributed by atoms with Crippen molar-refractivity contribution in [3.63, 3.8) is 0 Å². The van der Waals surface area contributed by atoms with Gasteiger partial charge in [-0.2, -0.15) is 0 Å². The van der Waals surface area contributed by atoms with E-state index in [0.29, 0.717) is 11.1 Å². The molecule has 0 spiro atoms. The molecule has 0 radical (unpaired) electrons. The number of fused-ring (bicyclic) bond motifs is 1. The fourth-order valence-electron chi connectivity index (χ4n) is 1.50. The van der Waals surface area contributed by atoms with Crippen molar-refractivity contribution >= 4 is 22.7 Å². The summed E-state index contributed by atoms with van der Waals surface area (Å²) in [7, 11) is 0. The third kappa shape index (κ3) is 1.46. The minimum absolute atomic E-state index is 0.0168. The lowest BCUT2D eigenvalue weighted by atomic mass is 10.1. The van der Waals surface area contributed by atoms with Crippen molar-refractivity contribution < 1.29 is 4.92 Å². The van der Waals surface area contributed by atoms with Gasteiger partial charge in [-0.05, 0) is 12.1 Å². The Kier molecular flexibility index (Phi) is 2.17. The fourth-order valence-corrected chi connectivity index (χ4v) is 1.50. The number of rotatable bonds is 2. The van der Waals surface area contributed by atoms with E-state index in [0.717, 1.165) is 5.39 Å². The zero-order valence-corrected chi connectivity index (χ0v) is 7.88. The predicted octanol–water partition coefficient (Wildman–Crippen LogP) is 2.79. The van der Waals surface area contributed by atoms with Crippen molar-refractivity contribution in [1.82, 2.24) is 4.98 Å². The Bertz CT molecular complexity index is 549. The monoisotopic (exact) mass is 200 g/mol. The van der Waals surface area contributed by atoms with Gasteiger partial charge in [0, 0.05) is 11.6 Å². The van der Waals surface area contributed by atoms with E-state index < -0.39 is 4.92 Å². The van der Waals surface area contributed by atoms with E-state index in [1.807, 2.05) is 0 Å². The summed E-state index contributed by atoms with van der Waals surface area (Å²) in [5, 5.41) is 11.7. The molecule has 2 aromatic rings. The summed E-state index contributed by atoms with van der Waals surface area (Å²) in [5.74, 6) is 0. The molecule has 1 aromatic carbocycles. The first-order valence-corrected chi connectivity index (χ1v) is 4.38. The van der Waals surface area contributed by atoms with Gasteiger partial charge in [-0.15, -0.1) is 0 Å². The molecule has 0 aliphatic carbocycles. The van der Waals surface area contributed by atoms with Crippen LogP contribution in [0, 0.1) is 10.1 Å². The largest absolute Gasteiger partial charge is 0.302 e. The zero-order chi connectivity index (χ0) is 10.8. The molecule has 0 atom stereocenters. The van der Waals surface area contributed by atoms with Crippen LogP contribution in [0.15, 0.2) is 37.0 Å². The van der Waals surface area contributed by atoms with Gasteiger partial charge in [0.1, 0.15) is 5.52 Å². The molecule has 1 heterocycles. The van der Waals surface area contributed by atoms with E-state index in [4.69, 9.17) is 0 Å². The Labute approximate surface area is 86.0 Å². The van der Waals surface area contributed by atoms with E-state index >= 15 is 0 Å². The number of nitro benzene ring substituents is 1. The number of hydrogen-bond acceptors (Lipinski definition) is 3. The average molecular weight is 200 g/mol. The first kappa shape index (κ1) is 9.33. The Hall–Kier alpha value is -2.23. The van der Waals surface area contributed by atoms with Gasteiger partial charge < -0.3 is 0 Å². The second kappa shape index (κ2) is 3.49. The number of nitro groups is 1. The average Bonchev–Trinajstić information content (AvgIpc) is 2.27. The van der Waals surface area contributed by atoms with Crippen molar-refractivity contribution in [1.29, 1.82) is 0 Å². The topological polar surface area (TPSA) is 56.0 Å². The van der Waals surface area contributed by atoms with Crippen molar-refractivity contribution in [3.05, 3.63) is 52.7 Å². The maximum atomic E-state index is 10.9. The van der Waals surface area contributed by atoms with Gasteiger partial charge in [0.05, 0.1) is 10.5 Å². The predicted molar refractivity (Wildman–Crippen MR) is 58.5 cm³/mol. The molecule has 2 rings (SSSR count). The Morgan fingerprint density at radius 3 is 2.87 bits per heavy atom. The number of nitrogens with zero attached hydrogens (tertiary/aromatic N) is 2. The molecule has 0 N–H and O–H groups in total. The summed E-state index contributed by atoms with van der Waals surface area (Å²) in [4.78, 5) is 14.5. The van der Waals surface area contributed by atoms with Gasteiger partial charge in [-0.3, -0.25) is 10.1 Å². The van der Waals surface area contributed by atoms with Gasteiger partial charge in [-0.1, -0.05) is 24.8 Å². The summed E-state index contributed by atoms with van der Waals surface area (Å²) in [5.41, 5.74) is 0.911. The van der Waals surface area contributed by atoms with Gasteiger partial charge in [0.15, 0.2) is 0 Å². The first-order chi connectivity index (χ1) is 7.24. The lowest BCUT2D eigenvalue weighted by Gasteiger charge is -2.01. The maximum Gasteiger partial charge on any atom is 0.302 e. The molecule has 1 aromatic heterocycles. The number of pyridine rings is 1. The van der Waals surface area contributed by atoms with Crippen LogP contribution in [0.5, 0.6) is 0 Å². The van der Waals surface area contributed by atoms with Gasteiger partial charge in [0.25, 0.3) is 0 Å². The standard InChI is InChI=1S/C11H8N2O2/c1-2-8-5-6-9-4-3-7-12-10(9)11(8)13(14)15/h2-7H,1H2. The maximum absolute atomic E-state index is 10.9. The van der Waals surface area contributed by atoms with Crippen molar-refractivity contribution in [3.8, 4) is 0 Å². The minimum atomic E-state index is -0.424. The van der Waals surface area contributed by atoms with E-state index in [-0.39, 0.29) is 5.69 Å². The molecular formula is C11H8N2O2. The van der Waals surface area contributed by atoms with Crippen molar-refractivity contribution in [2.24, 2.45) is 0 Å². The highest BCUT2D eigenvalue weighted by Gasteiger charge is 2.16. The highest BCUT2D eigenvalue weighted by atomic mass is 16.6. The van der Waals surface area contributed by atoms with E-state index in [1.54, 1.807) is 30.5 Å². The first-order valence-electron chi connectivity index (χ1n) is 4.38. The third-order valence-corrected chi connectivity index (χ3v) is 2.18. The van der Waals surface area contributed by atoms with Crippen LogP contribution in [0.2, 0.25) is 0 Å². The molecule has 0 saturated heterocycles. The van der Waals surface area contributed by atoms with Crippen LogP contribution in [0.3, 0.4) is 0 Å². The fraction of sp³-hybridized carbons (Fsp3) is 0. The van der Waals surface area contributed by atoms with Crippen LogP contribution in [0.25, 0.3) is 17.0 Å². The molecule has 74 valence electrons. The Morgan fingerprint density at radius 2 is 2.20 bits per heavy atom. The van der Waals surface area contributed by atoms with Gasteiger partial charge in [-0.25, -0.2) is 4.98 Å². The molecule has 15 heavy (non-hydrogen) atoms. The number of hydrogen-bond donors (Lipinski definition) is 0. The molecule has 0 unspecified atom stereocenters. The summed E-state index contributed by atoms with van der Waals surface area (Å²) in [6.07, 6.45) is 3.01. The SMILES string of the molecule is C=Cc1ccc2cccnc2c1[N+](=O)[O-]. The Morgan fingerprint density at radius 1 is 1.40 bits per heavy atom. The molecule has 0 fully saturated rings. The number of aromatic nitrogens is 1. The molecule has 0 amide bonds. The second-order valence-electron chi connectivity index (χ2n) is 3.04. The molecule has 4 nitrogen and oxygen atoms in total. The number of benzene rings is 1. The third-order valence-electron chi connectivity index (χ3n) is 2.18. The van der Waals surface area contributed by atoms with Crippen LogP contribution in [-0.2, 0) is 0 Å². The smallest absolute Gasteiger partial charge is 0.258 e. The second-order valence-corrected chi connectivity index (χ2v) is 3.04. The van der Waals surface area contributed by atoms with Gasteiger partial charge in [0.2, 0.25) is 0 Å². The molecule has 0 aliphatic rings. The lowest BCUT2D eigenvalue weighted by molar-refractivity contribution is -0.383. The van der Waals surface area contributed by atoms with Gasteiger partial charge >= 0.3 is 5.69 Å². The minimum Gasteiger partial charge on any atom is -0.258 e. The van der Waals surface area contributed by atoms with E-state index in [9.17, 15) is 10.1 Å². The quantitative estimate of drug-likeness (QED) is 0.553. The Balaban J connectivity index is 2.90. The lowest BCUT2D eigenvalue weighted by Crippen LogP contribution is -1.94. The highest BCUT2D eigenvalue weighted by molar-refractivity contribution is 5.91. The summed E-state index contributed by atoms with van der Waals surface area (Å²) in [6.45, 7) is 3.55.